The van der Waals surface area contributed by atoms with Crippen molar-refractivity contribution in [2.45, 2.75) is 37.4 Å². The molecule has 166 valence electrons. The number of hydrogen-bond donors (Lipinski definition) is 0. The fourth-order valence-corrected chi connectivity index (χ4v) is 3.89. The third kappa shape index (κ3) is 4.43. The van der Waals surface area contributed by atoms with Crippen molar-refractivity contribution in [2.24, 2.45) is 0 Å². The normalized spacial score (nSPS) is 12.9. The fraction of sp³-hybridized carbons (Fsp3) is 0.316. The van der Waals surface area contributed by atoms with Crippen molar-refractivity contribution in [3.63, 3.8) is 0 Å². The van der Waals surface area contributed by atoms with Crippen molar-refractivity contribution in [1.82, 2.24) is 19.5 Å². The van der Waals surface area contributed by atoms with Crippen LogP contribution in [0.3, 0.4) is 0 Å². The van der Waals surface area contributed by atoms with Crippen LogP contribution < -0.4 is 0 Å². The van der Waals surface area contributed by atoms with E-state index in [1.54, 1.807) is 18.2 Å². The van der Waals surface area contributed by atoms with Gasteiger partial charge in [0.15, 0.2) is 9.84 Å². The van der Waals surface area contributed by atoms with Gasteiger partial charge in [-0.15, -0.1) is 0 Å². The summed E-state index contributed by atoms with van der Waals surface area (Å²) in [6, 6.07) is 6.38. The molecule has 0 saturated heterocycles. The second kappa shape index (κ2) is 7.98. The number of nitrogens with zero attached hydrogens (tertiary/aromatic N) is 4. The molecule has 0 spiro atoms. The van der Waals surface area contributed by atoms with Crippen molar-refractivity contribution in [2.75, 3.05) is 5.75 Å². The molecule has 0 amide bonds. The van der Waals surface area contributed by atoms with Crippen LogP contribution in [-0.2, 0) is 16.4 Å². The van der Waals surface area contributed by atoms with Gasteiger partial charge < -0.3 is 4.57 Å². The van der Waals surface area contributed by atoms with Gasteiger partial charge >= 0.3 is 12.1 Å². The van der Waals surface area contributed by atoms with Gasteiger partial charge in [-0.1, -0.05) is 13.0 Å². The lowest BCUT2D eigenvalue weighted by atomic mass is 10.1. The van der Waals surface area contributed by atoms with Gasteiger partial charge in [-0.3, -0.25) is 9.97 Å². The molecule has 0 N–H and O–H groups in total. The van der Waals surface area contributed by atoms with Crippen LogP contribution in [-0.4, -0.2) is 45.8 Å². The van der Waals surface area contributed by atoms with Crippen molar-refractivity contribution >= 4 is 9.84 Å². The van der Waals surface area contributed by atoms with E-state index in [1.165, 1.54) is 32.3 Å². The number of pyridine rings is 2. The molecule has 0 aliphatic heterocycles. The second-order valence-electron chi connectivity index (χ2n) is 6.70. The average Bonchev–Trinajstić information content (AvgIpc) is 3.07. The molecule has 0 aliphatic rings. The summed E-state index contributed by atoms with van der Waals surface area (Å²) in [4.78, 5) is 12.0. The lowest BCUT2D eigenvalue weighted by Crippen LogP contribution is -2.40. The Labute approximate surface area is 174 Å². The van der Waals surface area contributed by atoms with Gasteiger partial charge in [-0.05, 0) is 25.1 Å². The first-order valence-electron chi connectivity index (χ1n) is 8.98. The van der Waals surface area contributed by atoms with E-state index in [9.17, 15) is 30.4 Å². The monoisotopic (exact) mass is 460 g/mol. The van der Waals surface area contributed by atoms with Crippen LogP contribution in [0.1, 0.15) is 12.6 Å². The number of aromatic nitrogens is 4. The molecule has 3 aromatic rings. The summed E-state index contributed by atoms with van der Waals surface area (Å²) in [5, 5.41) is 0. The van der Waals surface area contributed by atoms with Gasteiger partial charge in [0.25, 0.3) is 0 Å². The van der Waals surface area contributed by atoms with Crippen molar-refractivity contribution in [1.29, 1.82) is 0 Å². The van der Waals surface area contributed by atoms with Gasteiger partial charge in [0.05, 0.1) is 29.2 Å². The molecule has 3 heterocycles. The molecule has 0 radical (unpaired) electrons. The quantitative estimate of drug-likeness (QED) is 0.513. The van der Waals surface area contributed by atoms with Crippen LogP contribution in [0.4, 0.5) is 22.0 Å². The van der Waals surface area contributed by atoms with E-state index in [1.807, 2.05) is 0 Å². The molecular weight excluding hydrogens is 443 g/mol. The summed E-state index contributed by atoms with van der Waals surface area (Å²) in [6.45, 7) is 1.00. The van der Waals surface area contributed by atoms with Gasteiger partial charge in [-0.2, -0.15) is 22.0 Å². The highest BCUT2D eigenvalue weighted by Gasteiger charge is 2.57. The van der Waals surface area contributed by atoms with E-state index in [0.717, 1.165) is 6.33 Å². The third-order valence-electron chi connectivity index (χ3n) is 4.64. The third-order valence-corrected chi connectivity index (χ3v) is 6.38. The number of sulfone groups is 1. The van der Waals surface area contributed by atoms with Gasteiger partial charge in [0, 0.05) is 23.7 Å². The largest absolute Gasteiger partial charge is 0.455 e. The highest BCUT2D eigenvalue weighted by atomic mass is 32.2. The zero-order chi connectivity index (χ0) is 23.0. The molecule has 6 nitrogen and oxygen atoms in total. The zero-order valence-electron chi connectivity index (χ0n) is 16.4. The van der Waals surface area contributed by atoms with Crippen LogP contribution >= 0.6 is 0 Å². The molecule has 12 heteroatoms. The van der Waals surface area contributed by atoms with Crippen LogP contribution in [0, 0.1) is 6.92 Å². The summed E-state index contributed by atoms with van der Waals surface area (Å²) in [6.07, 6.45) is -2.07. The minimum Gasteiger partial charge on any atom is -0.328 e. The molecule has 3 aromatic heterocycles. The molecule has 0 fully saturated rings. The van der Waals surface area contributed by atoms with Gasteiger partial charge in [-0.25, -0.2) is 13.4 Å². The maximum Gasteiger partial charge on any atom is 0.455 e. The Hall–Kier alpha value is -2.89. The summed E-state index contributed by atoms with van der Waals surface area (Å²) >= 11 is 0. The molecule has 0 atom stereocenters. The number of hydrogen-bond acceptors (Lipinski definition) is 5. The second-order valence-corrected chi connectivity index (χ2v) is 8.94. The Balaban J connectivity index is 2.12. The van der Waals surface area contributed by atoms with Gasteiger partial charge in [0.2, 0.25) is 0 Å². The molecule has 3 rings (SSSR count). The minimum absolute atomic E-state index is 0.0745. The Bertz CT molecular complexity index is 1190. The fourth-order valence-electron chi connectivity index (χ4n) is 2.83. The van der Waals surface area contributed by atoms with Crippen LogP contribution in [0.5, 0.6) is 0 Å². The lowest BCUT2D eigenvalue weighted by Gasteiger charge is -2.20. The van der Waals surface area contributed by atoms with Crippen molar-refractivity contribution in [3.05, 3.63) is 48.7 Å². The van der Waals surface area contributed by atoms with Gasteiger partial charge in [0.1, 0.15) is 11.4 Å². The zero-order valence-corrected chi connectivity index (χ0v) is 17.2. The van der Waals surface area contributed by atoms with Crippen LogP contribution in [0.25, 0.3) is 22.6 Å². The smallest absolute Gasteiger partial charge is 0.328 e. The number of halogens is 5. The molecule has 0 aliphatic carbocycles. The van der Waals surface area contributed by atoms with E-state index in [-0.39, 0.29) is 27.7 Å². The molecule has 0 bridgehead atoms. The lowest BCUT2D eigenvalue weighted by molar-refractivity contribution is -0.286. The maximum atomic E-state index is 13.5. The Kier molecular flexibility index (Phi) is 5.87. The Morgan fingerprint density at radius 1 is 1.03 bits per heavy atom. The van der Waals surface area contributed by atoms with E-state index < -0.39 is 28.5 Å². The first kappa shape index (κ1) is 22.8. The SMILES string of the molecule is CCS(=O)(=O)c1cc(-c2ccccn2)cnc1-c1ncn(CC(F)(F)C(F)(F)F)c1C. The van der Waals surface area contributed by atoms with E-state index >= 15 is 0 Å². The van der Waals surface area contributed by atoms with E-state index in [2.05, 4.69) is 15.0 Å². The van der Waals surface area contributed by atoms with E-state index in [0.29, 0.717) is 15.8 Å². The molecule has 0 aromatic carbocycles. The Morgan fingerprint density at radius 3 is 2.32 bits per heavy atom. The summed E-state index contributed by atoms with van der Waals surface area (Å²) in [5.41, 5.74) is 0.554. The number of alkyl halides is 5. The predicted molar refractivity (Wildman–Crippen MR) is 102 cm³/mol. The van der Waals surface area contributed by atoms with E-state index in [4.69, 9.17) is 0 Å². The standard InChI is InChI=1S/C19H17F5N4O2S/c1-3-31(29,30)15-8-13(14-6-4-5-7-25-14)9-26-17(15)16-12(2)28(11-27-16)10-18(20,21)19(22,23)24/h4-9,11H,3,10H2,1-2H3. The maximum absolute atomic E-state index is 13.5. The van der Waals surface area contributed by atoms with Crippen LogP contribution in [0.15, 0.2) is 47.9 Å². The first-order valence-corrected chi connectivity index (χ1v) is 10.6. The predicted octanol–water partition coefficient (Wildman–Crippen LogP) is 4.31. The first-order chi connectivity index (χ1) is 14.4. The number of rotatable bonds is 6. The highest BCUT2D eigenvalue weighted by molar-refractivity contribution is 7.91. The molecule has 0 unspecified atom stereocenters. The molecule has 0 saturated carbocycles. The average molecular weight is 460 g/mol. The highest BCUT2D eigenvalue weighted by Crippen LogP contribution is 2.38. The molecule has 31 heavy (non-hydrogen) atoms. The number of imidazole rings is 1. The summed E-state index contributed by atoms with van der Waals surface area (Å²) in [5.74, 6) is -5.26. The summed E-state index contributed by atoms with van der Waals surface area (Å²) in [7, 11) is -3.84. The topological polar surface area (TPSA) is 77.7 Å². The van der Waals surface area contributed by atoms with Crippen molar-refractivity contribution < 1.29 is 30.4 Å². The van der Waals surface area contributed by atoms with Crippen LogP contribution in [0.2, 0.25) is 0 Å². The Morgan fingerprint density at radius 2 is 1.74 bits per heavy atom. The van der Waals surface area contributed by atoms with Crippen molar-refractivity contribution in [3.8, 4) is 22.6 Å². The molecular formula is C19H17F5N4O2S. The summed E-state index contributed by atoms with van der Waals surface area (Å²) < 4.78 is 90.7. The minimum atomic E-state index is -5.73.